The van der Waals surface area contributed by atoms with Crippen LogP contribution in [0.1, 0.15) is 21.7 Å². The van der Waals surface area contributed by atoms with Gasteiger partial charge in [-0.25, -0.2) is 0 Å². The van der Waals surface area contributed by atoms with Gasteiger partial charge >= 0.3 is 0 Å². The fourth-order valence-corrected chi connectivity index (χ4v) is 3.08. The average molecular weight is 182 g/mol. The van der Waals surface area contributed by atoms with Gasteiger partial charge < -0.3 is 5.11 Å². The third kappa shape index (κ3) is 1.41. The summed E-state index contributed by atoms with van der Waals surface area (Å²) in [5.41, 5.74) is 1.53. The molecule has 0 saturated carbocycles. The lowest BCUT2D eigenvalue weighted by Gasteiger charge is -2.19. The van der Waals surface area contributed by atoms with E-state index in [-0.39, 0.29) is 0 Å². The summed E-state index contributed by atoms with van der Waals surface area (Å²) in [6.45, 7) is 2.52. The zero-order valence-corrected chi connectivity index (χ0v) is 8.16. The van der Waals surface area contributed by atoms with Gasteiger partial charge in [0.2, 0.25) is 0 Å². The molecule has 0 bridgehead atoms. The van der Waals surface area contributed by atoms with Crippen LogP contribution in [0.2, 0.25) is 0 Å². The first-order valence-corrected chi connectivity index (χ1v) is 5.30. The summed E-state index contributed by atoms with van der Waals surface area (Å²) in [4.78, 5) is 2.93. The van der Waals surface area contributed by atoms with E-state index >= 15 is 0 Å². The second-order valence-electron chi connectivity index (χ2n) is 3.60. The lowest BCUT2D eigenvalue weighted by Crippen LogP contribution is -2.15. The number of aliphatic hydroxyl groups is 1. The van der Waals surface area contributed by atoms with E-state index in [1.807, 2.05) is 11.3 Å². The second kappa shape index (κ2) is 3.19. The number of rotatable bonds is 1. The molecule has 0 aromatic carbocycles. The predicted molar refractivity (Wildman–Crippen MR) is 51.7 cm³/mol. The Bertz CT molecular complexity index is 277. The Morgan fingerprint density at radius 1 is 1.67 bits per heavy atom. The van der Waals surface area contributed by atoms with Gasteiger partial charge in [0.25, 0.3) is 0 Å². The van der Waals surface area contributed by atoms with Crippen molar-refractivity contribution < 1.29 is 5.11 Å². The van der Waals surface area contributed by atoms with Gasteiger partial charge in [0.1, 0.15) is 0 Å². The molecule has 0 aliphatic heterocycles. The molecule has 0 saturated heterocycles. The number of thiophene rings is 1. The van der Waals surface area contributed by atoms with Crippen LogP contribution in [0.5, 0.6) is 0 Å². The van der Waals surface area contributed by atoms with E-state index in [4.69, 9.17) is 5.11 Å². The van der Waals surface area contributed by atoms with E-state index in [0.717, 1.165) is 6.42 Å². The van der Waals surface area contributed by atoms with Gasteiger partial charge in [0.05, 0.1) is 0 Å². The molecule has 0 spiro atoms. The number of aliphatic hydroxyl groups excluding tert-OH is 1. The zero-order chi connectivity index (χ0) is 8.55. The molecule has 1 nitrogen and oxygen atoms in total. The quantitative estimate of drug-likeness (QED) is 0.705. The van der Waals surface area contributed by atoms with Crippen LogP contribution in [0, 0.1) is 12.8 Å². The highest BCUT2D eigenvalue weighted by molar-refractivity contribution is 7.12. The van der Waals surface area contributed by atoms with Crippen molar-refractivity contribution in [1.29, 1.82) is 0 Å². The van der Waals surface area contributed by atoms with Gasteiger partial charge in [-0.1, -0.05) is 0 Å². The van der Waals surface area contributed by atoms with Crippen LogP contribution < -0.4 is 0 Å². The van der Waals surface area contributed by atoms with E-state index in [1.54, 1.807) is 0 Å². The molecule has 2 heteroatoms. The number of aryl methyl sites for hydroxylation is 2. The number of hydrogen-bond donors (Lipinski definition) is 1. The van der Waals surface area contributed by atoms with E-state index in [0.29, 0.717) is 12.5 Å². The van der Waals surface area contributed by atoms with Crippen molar-refractivity contribution in [3.63, 3.8) is 0 Å². The van der Waals surface area contributed by atoms with Crippen molar-refractivity contribution in [2.24, 2.45) is 5.92 Å². The molecule has 1 aromatic heterocycles. The predicted octanol–water partition coefficient (Wildman–Crippen LogP) is 2.15. The van der Waals surface area contributed by atoms with E-state index < -0.39 is 0 Å². The Hall–Kier alpha value is -0.340. The Labute approximate surface area is 77.0 Å². The van der Waals surface area contributed by atoms with Crippen LogP contribution >= 0.6 is 11.3 Å². The van der Waals surface area contributed by atoms with Crippen molar-refractivity contribution >= 4 is 11.3 Å². The summed E-state index contributed by atoms with van der Waals surface area (Å²) in [5, 5.41) is 9.03. The molecule has 1 atom stereocenters. The fourth-order valence-electron chi connectivity index (χ4n) is 1.88. The second-order valence-corrected chi connectivity index (χ2v) is 4.94. The van der Waals surface area contributed by atoms with Crippen LogP contribution in [0.15, 0.2) is 6.07 Å². The maximum absolute atomic E-state index is 9.03. The minimum Gasteiger partial charge on any atom is -0.396 e. The van der Waals surface area contributed by atoms with Crippen molar-refractivity contribution in [2.45, 2.75) is 26.2 Å². The number of hydrogen-bond acceptors (Lipinski definition) is 2. The zero-order valence-electron chi connectivity index (χ0n) is 7.34. The average Bonchev–Trinajstić information content (AvgIpc) is 2.43. The van der Waals surface area contributed by atoms with Gasteiger partial charge in [-0.2, -0.15) is 0 Å². The molecule has 0 fully saturated rings. The first kappa shape index (κ1) is 8.27. The van der Waals surface area contributed by atoms with Gasteiger partial charge in [-0.3, -0.25) is 0 Å². The highest BCUT2D eigenvalue weighted by Gasteiger charge is 2.19. The monoisotopic (exact) mass is 182 g/mol. The molecule has 0 amide bonds. The molecule has 1 aliphatic rings. The normalized spacial score (nSPS) is 22.3. The van der Waals surface area contributed by atoms with Gasteiger partial charge in [0.15, 0.2) is 0 Å². The van der Waals surface area contributed by atoms with Crippen molar-refractivity contribution in [3.05, 3.63) is 21.4 Å². The maximum atomic E-state index is 9.03. The minimum absolute atomic E-state index is 0.358. The molecule has 66 valence electrons. The minimum atomic E-state index is 0.358. The Morgan fingerprint density at radius 3 is 3.25 bits per heavy atom. The summed E-state index contributed by atoms with van der Waals surface area (Å²) < 4.78 is 0. The molecule has 0 radical (unpaired) electrons. The molecule has 1 unspecified atom stereocenters. The summed E-state index contributed by atoms with van der Waals surface area (Å²) in [7, 11) is 0. The summed E-state index contributed by atoms with van der Waals surface area (Å²) >= 11 is 1.90. The first-order valence-electron chi connectivity index (χ1n) is 4.48. The van der Waals surface area contributed by atoms with Crippen LogP contribution in [0.25, 0.3) is 0 Å². The largest absolute Gasteiger partial charge is 0.396 e. The Balaban J connectivity index is 2.22. The summed E-state index contributed by atoms with van der Waals surface area (Å²) in [5.74, 6) is 0.524. The molecular formula is C10H14OS. The fraction of sp³-hybridized carbons (Fsp3) is 0.600. The van der Waals surface area contributed by atoms with Gasteiger partial charge in [0, 0.05) is 16.4 Å². The molecule has 1 heterocycles. The standard InChI is InChI=1S/C10H14OS/c1-7-4-9-3-2-8(6-11)5-10(9)12-7/h4,8,11H,2-3,5-6H2,1H3. The highest BCUT2D eigenvalue weighted by atomic mass is 32.1. The topological polar surface area (TPSA) is 20.2 Å². The van der Waals surface area contributed by atoms with E-state index in [9.17, 15) is 0 Å². The van der Waals surface area contributed by atoms with Crippen molar-refractivity contribution in [2.75, 3.05) is 6.61 Å². The lowest BCUT2D eigenvalue weighted by molar-refractivity contribution is 0.214. The molecule has 1 aromatic rings. The van der Waals surface area contributed by atoms with Crippen LogP contribution in [0.3, 0.4) is 0 Å². The highest BCUT2D eigenvalue weighted by Crippen LogP contribution is 2.31. The van der Waals surface area contributed by atoms with Crippen molar-refractivity contribution in [1.82, 2.24) is 0 Å². The molecule has 12 heavy (non-hydrogen) atoms. The van der Waals surface area contributed by atoms with Crippen LogP contribution in [-0.4, -0.2) is 11.7 Å². The van der Waals surface area contributed by atoms with Crippen LogP contribution in [-0.2, 0) is 12.8 Å². The Morgan fingerprint density at radius 2 is 2.50 bits per heavy atom. The lowest BCUT2D eigenvalue weighted by atomic mass is 9.90. The first-order chi connectivity index (χ1) is 5.79. The summed E-state index contributed by atoms with van der Waals surface area (Å²) in [6.07, 6.45) is 3.44. The summed E-state index contributed by atoms with van der Waals surface area (Å²) in [6, 6.07) is 2.30. The van der Waals surface area contributed by atoms with Gasteiger partial charge in [-0.05, 0) is 43.7 Å². The number of fused-ring (bicyclic) bond motifs is 1. The third-order valence-electron chi connectivity index (χ3n) is 2.57. The van der Waals surface area contributed by atoms with E-state index in [1.165, 1.54) is 28.2 Å². The van der Waals surface area contributed by atoms with Gasteiger partial charge in [-0.15, -0.1) is 11.3 Å². The van der Waals surface area contributed by atoms with Crippen LogP contribution in [0.4, 0.5) is 0 Å². The van der Waals surface area contributed by atoms with E-state index in [2.05, 4.69) is 13.0 Å². The Kier molecular flexibility index (Phi) is 2.20. The third-order valence-corrected chi connectivity index (χ3v) is 3.69. The molecule has 1 aliphatic carbocycles. The molecule has 2 rings (SSSR count). The van der Waals surface area contributed by atoms with Crippen molar-refractivity contribution in [3.8, 4) is 0 Å². The smallest absolute Gasteiger partial charge is 0.0462 e. The maximum Gasteiger partial charge on any atom is 0.0462 e. The SMILES string of the molecule is Cc1cc2c(s1)CC(CO)CC2. The molecule has 1 N–H and O–H groups in total. The molecular weight excluding hydrogens is 168 g/mol.